The number of nitrogens with one attached hydrogen (secondary N) is 1. The number of rotatable bonds is 4. The molecular formula is C19H29NO. The highest BCUT2D eigenvalue weighted by Crippen LogP contribution is 2.44. The molecule has 0 spiro atoms. The molecule has 1 aliphatic heterocycles. The summed E-state index contributed by atoms with van der Waals surface area (Å²) in [6, 6.07) is 7.36. The lowest BCUT2D eigenvalue weighted by Gasteiger charge is -2.29. The van der Waals surface area contributed by atoms with Crippen LogP contribution in [0.2, 0.25) is 0 Å². The molecule has 1 heterocycles. The molecule has 2 aliphatic rings. The fourth-order valence-electron chi connectivity index (χ4n) is 4.14. The summed E-state index contributed by atoms with van der Waals surface area (Å²) < 4.78 is 5.83. The maximum Gasteiger partial charge on any atom is 0.123 e. The second-order valence-corrected chi connectivity index (χ2v) is 7.54. The van der Waals surface area contributed by atoms with Crippen LogP contribution >= 0.6 is 0 Å². The lowest BCUT2D eigenvalue weighted by molar-refractivity contribution is 0.291. The number of fused-ring (bicyclic) bond motifs is 1. The van der Waals surface area contributed by atoms with Crippen molar-refractivity contribution < 1.29 is 4.74 Å². The van der Waals surface area contributed by atoms with Crippen molar-refractivity contribution in [1.29, 1.82) is 0 Å². The molecule has 2 heteroatoms. The van der Waals surface area contributed by atoms with Gasteiger partial charge in [0.05, 0.1) is 6.61 Å². The van der Waals surface area contributed by atoms with Gasteiger partial charge in [-0.15, -0.1) is 0 Å². The van der Waals surface area contributed by atoms with Gasteiger partial charge in [0.25, 0.3) is 0 Å². The average molecular weight is 287 g/mol. The van der Waals surface area contributed by atoms with Crippen LogP contribution in [-0.4, -0.2) is 13.2 Å². The van der Waals surface area contributed by atoms with Gasteiger partial charge >= 0.3 is 0 Å². The zero-order valence-electron chi connectivity index (χ0n) is 13.9. The number of benzene rings is 1. The van der Waals surface area contributed by atoms with Crippen LogP contribution in [0.1, 0.15) is 64.1 Å². The Morgan fingerprint density at radius 1 is 1.33 bits per heavy atom. The Labute approximate surface area is 129 Å². The third-order valence-electron chi connectivity index (χ3n) is 5.46. The van der Waals surface area contributed by atoms with Crippen molar-refractivity contribution in [1.82, 2.24) is 5.32 Å². The van der Waals surface area contributed by atoms with E-state index in [4.69, 9.17) is 4.74 Å². The molecule has 2 nitrogen and oxygen atoms in total. The Morgan fingerprint density at radius 2 is 2.14 bits per heavy atom. The lowest BCUT2D eigenvalue weighted by Crippen LogP contribution is -2.30. The van der Waals surface area contributed by atoms with Crippen molar-refractivity contribution in [3.05, 3.63) is 29.3 Å². The van der Waals surface area contributed by atoms with Gasteiger partial charge in [-0.1, -0.05) is 46.6 Å². The molecule has 3 rings (SSSR count). The van der Waals surface area contributed by atoms with E-state index >= 15 is 0 Å². The fourth-order valence-corrected chi connectivity index (χ4v) is 4.14. The highest BCUT2D eigenvalue weighted by Gasteiger charge is 2.35. The van der Waals surface area contributed by atoms with Gasteiger partial charge in [0.15, 0.2) is 0 Å². The minimum absolute atomic E-state index is 0.142. The zero-order chi connectivity index (χ0) is 15.0. The van der Waals surface area contributed by atoms with Crippen LogP contribution in [0.3, 0.4) is 0 Å². The molecule has 0 bridgehead atoms. The Kier molecular flexibility index (Phi) is 4.00. The Hall–Kier alpha value is -1.02. The molecule has 116 valence electrons. The minimum atomic E-state index is 0.142. The summed E-state index contributed by atoms with van der Waals surface area (Å²) in [5.74, 6) is 2.68. The highest BCUT2D eigenvalue weighted by atomic mass is 16.5. The maximum atomic E-state index is 5.83. The van der Waals surface area contributed by atoms with Gasteiger partial charge in [-0.25, -0.2) is 0 Å². The van der Waals surface area contributed by atoms with Gasteiger partial charge in [0.2, 0.25) is 0 Å². The summed E-state index contributed by atoms with van der Waals surface area (Å²) in [6.45, 7) is 11.0. The molecule has 3 atom stereocenters. The topological polar surface area (TPSA) is 21.3 Å². The average Bonchev–Trinajstić information content (AvgIpc) is 3.00. The molecule has 0 radical (unpaired) electrons. The van der Waals surface area contributed by atoms with E-state index in [1.807, 2.05) is 0 Å². The second-order valence-electron chi connectivity index (χ2n) is 7.54. The highest BCUT2D eigenvalue weighted by molar-refractivity contribution is 5.46. The molecule has 3 unspecified atom stereocenters. The van der Waals surface area contributed by atoms with E-state index in [9.17, 15) is 0 Å². The standard InChI is InChI=1S/C19H29NO/c1-5-20-18(15-8-6-7-13(15)2)14-9-10-17-16(11-14)19(3,4)12-21-17/h9-11,13,15,18,20H,5-8,12H2,1-4H3. The molecule has 1 aromatic rings. The summed E-state index contributed by atoms with van der Waals surface area (Å²) in [6.07, 6.45) is 4.12. The second kappa shape index (κ2) is 5.64. The predicted octanol–water partition coefficient (Wildman–Crippen LogP) is 4.44. The molecule has 1 aromatic carbocycles. The first kappa shape index (κ1) is 14.9. The van der Waals surface area contributed by atoms with E-state index in [0.29, 0.717) is 6.04 Å². The summed E-state index contributed by atoms with van der Waals surface area (Å²) in [7, 11) is 0. The quantitative estimate of drug-likeness (QED) is 0.883. The molecule has 0 aromatic heterocycles. The van der Waals surface area contributed by atoms with Gasteiger partial charge < -0.3 is 10.1 Å². The fraction of sp³-hybridized carbons (Fsp3) is 0.684. The largest absolute Gasteiger partial charge is 0.492 e. The lowest BCUT2D eigenvalue weighted by atomic mass is 9.81. The Balaban J connectivity index is 1.93. The van der Waals surface area contributed by atoms with Crippen molar-refractivity contribution in [3.8, 4) is 5.75 Å². The van der Waals surface area contributed by atoms with Crippen LogP contribution in [-0.2, 0) is 5.41 Å². The van der Waals surface area contributed by atoms with E-state index < -0.39 is 0 Å². The summed E-state index contributed by atoms with van der Waals surface area (Å²) >= 11 is 0. The van der Waals surface area contributed by atoms with Gasteiger partial charge in [-0.05, 0) is 42.5 Å². The van der Waals surface area contributed by atoms with Crippen LogP contribution in [0.4, 0.5) is 0 Å². The summed E-state index contributed by atoms with van der Waals surface area (Å²) in [5.41, 5.74) is 2.98. The molecule has 1 N–H and O–H groups in total. The van der Waals surface area contributed by atoms with Crippen molar-refractivity contribution in [3.63, 3.8) is 0 Å². The summed E-state index contributed by atoms with van der Waals surface area (Å²) in [4.78, 5) is 0. The predicted molar refractivity (Wildman–Crippen MR) is 87.9 cm³/mol. The van der Waals surface area contributed by atoms with Crippen molar-refractivity contribution in [2.45, 2.75) is 58.4 Å². The van der Waals surface area contributed by atoms with Crippen LogP contribution in [0, 0.1) is 11.8 Å². The number of hydrogen-bond acceptors (Lipinski definition) is 2. The van der Waals surface area contributed by atoms with Crippen molar-refractivity contribution in [2.75, 3.05) is 13.2 Å². The van der Waals surface area contributed by atoms with Crippen LogP contribution < -0.4 is 10.1 Å². The first-order valence-electron chi connectivity index (χ1n) is 8.53. The molecular weight excluding hydrogens is 258 g/mol. The first-order chi connectivity index (χ1) is 10.0. The normalized spacial score (nSPS) is 28.2. The molecule has 1 aliphatic carbocycles. The van der Waals surface area contributed by atoms with E-state index in [-0.39, 0.29) is 5.41 Å². The smallest absolute Gasteiger partial charge is 0.123 e. The summed E-state index contributed by atoms with van der Waals surface area (Å²) in [5, 5.41) is 3.75. The Bertz CT molecular complexity index is 508. The number of hydrogen-bond donors (Lipinski definition) is 1. The van der Waals surface area contributed by atoms with E-state index in [1.165, 1.54) is 30.4 Å². The van der Waals surface area contributed by atoms with Gasteiger partial charge in [0, 0.05) is 17.0 Å². The minimum Gasteiger partial charge on any atom is -0.492 e. The maximum absolute atomic E-state index is 5.83. The van der Waals surface area contributed by atoms with Crippen LogP contribution in [0.25, 0.3) is 0 Å². The monoisotopic (exact) mass is 287 g/mol. The molecule has 1 saturated carbocycles. The van der Waals surface area contributed by atoms with Gasteiger partial charge in [0.1, 0.15) is 5.75 Å². The van der Waals surface area contributed by atoms with Crippen molar-refractivity contribution >= 4 is 0 Å². The Morgan fingerprint density at radius 3 is 2.81 bits per heavy atom. The van der Waals surface area contributed by atoms with Crippen molar-refractivity contribution in [2.24, 2.45) is 11.8 Å². The van der Waals surface area contributed by atoms with Gasteiger partial charge in [-0.2, -0.15) is 0 Å². The van der Waals surface area contributed by atoms with E-state index in [2.05, 4.69) is 51.2 Å². The van der Waals surface area contributed by atoms with Gasteiger partial charge in [-0.3, -0.25) is 0 Å². The third kappa shape index (κ3) is 2.70. The van der Waals surface area contributed by atoms with E-state index in [0.717, 1.165) is 30.7 Å². The third-order valence-corrected chi connectivity index (χ3v) is 5.46. The van der Waals surface area contributed by atoms with Crippen LogP contribution in [0.5, 0.6) is 5.75 Å². The molecule has 0 saturated heterocycles. The molecule has 21 heavy (non-hydrogen) atoms. The van der Waals surface area contributed by atoms with Crippen LogP contribution in [0.15, 0.2) is 18.2 Å². The van der Waals surface area contributed by atoms with E-state index in [1.54, 1.807) is 0 Å². The molecule has 0 amide bonds. The SMILES string of the molecule is CCNC(c1ccc2c(c1)C(C)(C)CO2)C1CCCC1C. The first-order valence-corrected chi connectivity index (χ1v) is 8.53. The number of ether oxygens (including phenoxy) is 1. The zero-order valence-corrected chi connectivity index (χ0v) is 13.9. The molecule has 1 fully saturated rings.